The molecule has 0 spiro atoms. The van der Waals surface area contributed by atoms with Gasteiger partial charge in [0.15, 0.2) is 0 Å². The van der Waals surface area contributed by atoms with E-state index in [1.807, 2.05) is 24.3 Å². The molecular weight excluding hydrogens is 387 g/mol. The Kier molecular flexibility index (Phi) is 6.66. The Morgan fingerprint density at radius 3 is 2.24 bits per heavy atom. The van der Waals surface area contributed by atoms with E-state index in [0.717, 1.165) is 36.5 Å². The van der Waals surface area contributed by atoms with Crippen molar-refractivity contribution in [1.82, 2.24) is 19.4 Å². The van der Waals surface area contributed by atoms with Crippen LogP contribution in [0.25, 0.3) is 0 Å². The summed E-state index contributed by atoms with van der Waals surface area (Å²) in [6.45, 7) is 5.70. The van der Waals surface area contributed by atoms with Gasteiger partial charge in [-0.15, -0.1) is 0 Å². The lowest BCUT2D eigenvalue weighted by Crippen LogP contribution is -2.46. The standard InChI is InChI=1S/C21H26FN6S/c1-3-11-28(12-4-2,20-14-19(23)26-21(24)27-20)15-5-6-18(17(22)13-15)29-16-7-9-25-10-8-16/h5-10,13-14H,3-4,11-12H2,1-2H3,(H4,23,24,26,27)/q+1. The minimum Gasteiger partial charge on any atom is -0.383 e. The van der Waals surface area contributed by atoms with Gasteiger partial charge < -0.3 is 11.5 Å². The molecule has 0 aliphatic carbocycles. The number of anilines is 2. The summed E-state index contributed by atoms with van der Waals surface area (Å²) in [5.74, 6) is 0.856. The maximum atomic E-state index is 15.1. The first-order valence-corrected chi connectivity index (χ1v) is 10.5. The van der Waals surface area contributed by atoms with E-state index in [4.69, 9.17) is 11.5 Å². The van der Waals surface area contributed by atoms with Gasteiger partial charge in [0.2, 0.25) is 11.8 Å². The van der Waals surface area contributed by atoms with E-state index in [-0.39, 0.29) is 11.8 Å². The van der Waals surface area contributed by atoms with Crippen molar-refractivity contribution in [3.05, 3.63) is 54.6 Å². The first-order chi connectivity index (χ1) is 14.0. The first kappa shape index (κ1) is 21.0. The zero-order chi connectivity index (χ0) is 20.9. The lowest BCUT2D eigenvalue weighted by molar-refractivity contribution is 0.369. The van der Waals surface area contributed by atoms with Crippen molar-refractivity contribution >= 4 is 35.0 Å². The van der Waals surface area contributed by atoms with Crippen molar-refractivity contribution in [2.45, 2.75) is 36.5 Å². The molecule has 2 aromatic heterocycles. The molecule has 0 fully saturated rings. The molecule has 8 heteroatoms. The van der Waals surface area contributed by atoms with Gasteiger partial charge in [-0.25, -0.2) is 8.87 Å². The summed E-state index contributed by atoms with van der Waals surface area (Å²) in [6.07, 6.45) is 5.17. The fourth-order valence-corrected chi connectivity index (χ4v) is 4.36. The average molecular weight is 414 g/mol. The topological polar surface area (TPSA) is 90.7 Å². The molecular formula is C21H26FN6S+. The lowest BCUT2D eigenvalue weighted by Gasteiger charge is -2.36. The highest BCUT2D eigenvalue weighted by molar-refractivity contribution is 7.99. The van der Waals surface area contributed by atoms with Crippen molar-refractivity contribution in [2.24, 2.45) is 0 Å². The lowest BCUT2D eigenvalue weighted by atomic mass is 10.1. The maximum absolute atomic E-state index is 15.1. The van der Waals surface area contributed by atoms with Crippen LogP contribution in [0.5, 0.6) is 0 Å². The van der Waals surface area contributed by atoms with E-state index < -0.39 is 0 Å². The number of hydrogen-bond acceptors (Lipinski definition) is 6. The highest BCUT2D eigenvalue weighted by Crippen LogP contribution is 2.38. The molecule has 3 aromatic rings. The van der Waals surface area contributed by atoms with Gasteiger partial charge in [0.25, 0.3) is 0 Å². The molecule has 29 heavy (non-hydrogen) atoms. The van der Waals surface area contributed by atoms with E-state index in [9.17, 15) is 0 Å². The molecule has 0 unspecified atom stereocenters. The van der Waals surface area contributed by atoms with E-state index in [0.29, 0.717) is 21.0 Å². The monoisotopic (exact) mass is 413 g/mol. The van der Waals surface area contributed by atoms with E-state index >= 15 is 4.39 Å². The smallest absolute Gasteiger partial charge is 0.239 e. The molecule has 6 nitrogen and oxygen atoms in total. The number of aromatic nitrogens is 3. The summed E-state index contributed by atoms with van der Waals surface area (Å²) in [5, 5.41) is 0. The molecule has 2 heterocycles. The number of benzene rings is 1. The first-order valence-electron chi connectivity index (χ1n) is 9.64. The number of nitrogens with zero attached hydrogens (tertiary/aromatic N) is 4. The zero-order valence-corrected chi connectivity index (χ0v) is 17.5. The van der Waals surface area contributed by atoms with Gasteiger partial charge in [-0.3, -0.25) is 4.98 Å². The molecule has 4 N–H and O–H groups in total. The fraction of sp³-hybridized carbons (Fsp3) is 0.286. The van der Waals surface area contributed by atoms with Gasteiger partial charge in [0.1, 0.15) is 17.3 Å². The molecule has 3 rings (SSSR count). The second-order valence-electron chi connectivity index (χ2n) is 6.82. The molecule has 0 saturated carbocycles. The number of pyridine rings is 1. The molecule has 0 amide bonds. The second kappa shape index (κ2) is 9.19. The van der Waals surface area contributed by atoms with Gasteiger partial charge in [-0.1, -0.05) is 25.6 Å². The number of halogens is 1. The molecule has 152 valence electrons. The van der Waals surface area contributed by atoms with E-state index in [1.165, 1.54) is 11.8 Å². The van der Waals surface area contributed by atoms with Crippen LogP contribution in [0.3, 0.4) is 0 Å². The van der Waals surface area contributed by atoms with Gasteiger partial charge >= 0.3 is 0 Å². The number of nitrogen functional groups attached to an aromatic ring is 2. The number of hydrogen-bond donors (Lipinski definition) is 2. The van der Waals surface area contributed by atoms with Gasteiger partial charge in [0, 0.05) is 34.3 Å². The third-order valence-corrected chi connectivity index (χ3v) is 5.75. The molecule has 0 radical (unpaired) electrons. The van der Waals surface area contributed by atoms with Crippen LogP contribution >= 0.6 is 11.8 Å². The fourth-order valence-electron chi connectivity index (χ4n) is 3.56. The predicted molar refractivity (Wildman–Crippen MR) is 117 cm³/mol. The molecule has 0 atom stereocenters. The van der Waals surface area contributed by atoms with E-state index in [2.05, 4.69) is 28.8 Å². The summed E-state index contributed by atoms with van der Waals surface area (Å²) < 4.78 is 15.5. The number of nitrogens with two attached hydrogens (primary N) is 2. The Morgan fingerprint density at radius 2 is 1.66 bits per heavy atom. The Hall–Kier alpha value is -2.71. The summed E-state index contributed by atoms with van der Waals surface area (Å²) in [6, 6.07) is 10.8. The third-order valence-electron chi connectivity index (χ3n) is 4.69. The van der Waals surface area contributed by atoms with Crippen molar-refractivity contribution in [2.75, 3.05) is 24.6 Å². The van der Waals surface area contributed by atoms with Crippen LogP contribution in [-0.4, -0.2) is 28.0 Å². The van der Waals surface area contributed by atoms with Crippen LogP contribution in [0.4, 0.5) is 27.7 Å². The molecule has 1 aromatic carbocycles. The normalized spacial score (nSPS) is 11.6. The van der Waals surface area contributed by atoms with Crippen molar-refractivity contribution in [3.8, 4) is 0 Å². The highest BCUT2D eigenvalue weighted by atomic mass is 32.2. The molecule has 0 aliphatic heterocycles. The summed E-state index contributed by atoms with van der Waals surface area (Å²) in [7, 11) is 0. The maximum Gasteiger partial charge on any atom is 0.239 e. The summed E-state index contributed by atoms with van der Waals surface area (Å²) in [5.41, 5.74) is 12.6. The zero-order valence-electron chi connectivity index (χ0n) is 16.7. The SMILES string of the molecule is CCC[N+](CCC)(c1ccc(Sc2ccncc2)c(F)c1)c1cc(N)nc(N)n1. The van der Waals surface area contributed by atoms with Gasteiger partial charge in [0.05, 0.1) is 19.2 Å². The van der Waals surface area contributed by atoms with Crippen molar-refractivity contribution in [1.29, 1.82) is 0 Å². The van der Waals surface area contributed by atoms with Crippen LogP contribution in [-0.2, 0) is 0 Å². The van der Waals surface area contributed by atoms with Crippen LogP contribution in [0.1, 0.15) is 26.7 Å². The van der Waals surface area contributed by atoms with Crippen LogP contribution < -0.4 is 16.0 Å². The predicted octanol–water partition coefficient (Wildman–Crippen LogP) is 4.79. The molecule has 0 aliphatic rings. The minimum atomic E-state index is -0.269. The quantitative estimate of drug-likeness (QED) is 0.516. The van der Waals surface area contributed by atoms with Crippen LogP contribution in [0.15, 0.2) is 58.6 Å². The minimum absolute atomic E-state index is 0.125. The average Bonchev–Trinajstić information content (AvgIpc) is 2.69. The Bertz CT molecular complexity index is 940. The Morgan fingerprint density at radius 1 is 0.966 bits per heavy atom. The van der Waals surface area contributed by atoms with Crippen molar-refractivity contribution in [3.63, 3.8) is 0 Å². The Balaban J connectivity index is 2.07. The number of rotatable bonds is 8. The summed E-state index contributed by atoms with van der Waals surface area (Å²) >= 11 is 1.37. The highest BCUT2D eigenvalue weighted by Gasteiger charge is 2.35. The number of quaternary nitrogens is 1. The third kappa shape index (κ3) is 4.65. The Labute approximate surface area is 174 Å². The van der Waals surface area contributed by atoms with Gasteiger partial charge in [-0.05, 0) is 31.0 Å². The van der Waals surface area contributed by atoms with E-state index in [1.54, 1.807) is 24.5 Å². The molecule has 0 bridgehead atoms. The van der Waals surface area contributed by atoms with Crippen LogP contribution in [0.2, 0.25) is 0 Å². The van der Waals surface area contributed by atoms with Crippen molar-refractivity contribution < 1.29 is 4.39 Å². The molecule has 0 saturated heterocycles. The summed E-state index contributed by atoms with van der Waals surface area (Å²) in [4.78, 5) is 14.0. The van der Waals surface area contributed by atoms with Crippen LogP contribution in [0, 0.1) is 5.82 Å². The largest absolute Gasteiger partial charge is 0.383 e. The van der Waals surface area contributed by atoms with Gasteiger partial charge in [-0.2, -0.15) is 9.97 Å². The second-order valence-corrected chi connectivity index (χ2v) is 7.94.